The standard InChI is InChI=1S/C20H20BrNO5/c1-20(2,12-11-17(24)25)18(13-3-9-16(23)10-4-13)27-19(26)22-15-7-5-14(21)6-8-15/h3-12,18,23H,1-2H3,(H,22,26)(H,24,25)/b12-11+/t18-/m0/s1. The molecule has 0 unspecified atom stereocenters. The molecule has 27 heavy (non-hydrogen) atoms. The van der Waals surface area contributed by atoms with Gasteiger partial charge in [0.1, 0.15) is 11.9 Å². The zero-order valence-electron chi connectivity index (χ0n) is 14.8. The number of hydrogen-bond donors (Lipinski definition) is 3. The van der Waals surface area contributed by atoms with Crippen LogP contribution >= 0.6 is 15.9 Å². The molecule has 0 heterocycles. The Balaban J connectivity index is 2.25. The molecule has 0 bridgehead atoms. The first-order valence-corrected chi connectivity index (χ1v) is 8.91. The van der Waals surface area contributed by atoms with Gasteiger partial charge in [-0.05, 0) is 42.0 Å². The van der Waals surface area contributed by atoms with Gasteiger partial charge >= 0.3 is 12.1 Å². The van der Waals surface area contributed by atoms with E-state index in [4.69, 9.17) is 9.84 Å². The fourth-order valence-electron chi connectivity index (χ4n) is 2.46. The number of anilines is 1. The Morgan fingerprint density at radius 2 is 1.70 bits per heavy atom. The van der Waals surface area contributed by atoms with E-state index < -0.39 is 23.6 Å². The fourth-order valence-corrected chi connectivity index (χ4v) is 2.72. The smallest absolute Gasteiger partial charge is 0.412 e. The van der Waals surface area contributed by atoms with Crippen molar-refractivity contribution in [2.75, 3.05) is 5.32 Å². The van der Waals surface area contributed by atoms with Crippen LogP contribution in [-0.4, -0.2) is 22.3 Å². The highest BCUT2D eigenvalue weighted by atomic mass is 79.9. The summed E-state index contributed by atoms with van der Waals surface area (Å²) in [7, 11) is 0. The first-order valence-electron chi connectivity index (χ1n) is 8.12. The molecule has 6 nitrogen and oxygen atoms in total. The number of carbonyl (C=O) groups excluding carboxylic acids is 1. The van der Waals surface area contributed by atoms with Gasteiger partial charge in [0.15, 0.2) is 0 Å². The summed E-state index contributed by atoms with van der Waals surface area (Å²) in [6.45, 7) is 3.52. The molecule has 0 aliphatic heterocycles. The monoisotopic (exact) mass is 433 g/mol. The molecule has 0 saturated carbocycles. The van der Waals surface area contributed by atoms with Crippen molar-refractivity contribution in [2.24, 2.45) is 5.41 Å². The number of nitrogens with one attached hydrogen (secondary N) is 1. The molecular formula is C20H20BrNO5. The zero-order valence-corrected chi connectivity index (χ0v) is 16.4. The average Bonchev–Trinajstić information content (AvgIpc) is 2.61. The lowest BCUT2D eigenvalue weighted by Gasteiger charge is -2.31. The second-order valence-electron chi connectivity index (χ2n) is 6.50. The number of aliphatic carboxylic acids is 1. The van der Waals surface area contributed by atoms with E-state index >= 15 is 0 Å². The van der Waals surface area contributed by atoms with Crippen LogP contribution in [0.2, 0.25) is 0 Å². The van der Waals surface area contributed by atoms with Crippen LogP contribution < -0.4 is 5.32 Å². The highest BCUT2D eigenvalue weighted by Gasteiger charge is 2.32. The van der Waals surface area contributed by atoms with E-state index in [1.54, 1.807) is 50.2 Å². The molecule has 0 spiro atoms. The van der Waals surface area contributed by atoms with E-state index in [1.807, 2.05) is 0 Å². The lowest BCUT2D eigenvalue weighted by Crippen LogP contribution is -2.27. The van der Waals surface area contributed by atoms with Crippen LogP contribution in [0.3, 0.4) is 0 Å². The number of ether oxygens (including phenoxy) is 1. The third-order valence-electron chi connectivity index (χ3n) is 3.84. The molecular weight excluding hydrogens is 414 g/mol. The van der Waals surface area contributed by atoms with E-state index in [0.717, 1.165) is 10.5 Å². The zero-order chi connectivity index (χ0) is 20.0. The van der Waals surface area contributed by atoms with Gasteiger partial charge in [-0.1, -0.05) is 48.0 Å². The predicted octanol–water partition coefficient (Wildman–Crippen LogP) is 5.11. The van der Waals surface area contributed by atoms with Crippen molar-refractivity contribution >= 4 is 33.7 Å². The number of carboxylic acid groups (broad SMARTS) is 1. The second-order valence-corrected chi connectivity index (χ2v) is 7.42. The highest BCUT2D eigenvalue weighted by molar-refractivity contribution is 9.10. The first-order chi connectivity index (χ1) is 12.7. The second kappa shape index (κ2) is 8.73. The average molecular weight is 434 g/mol. The van der Waals surface area contributed by atoms with Crippen molar-refractivity contribution in [3.8, 4) is 5.75 Å². The summed E-state index contributed by atoms with van der Waals surface area (Å²) in [6, 6.07) is 13.2. The summed E-state index contributed by atoms with van der Waals surface area (Å²) >= 11 is 3.32. The van der Waals surface area contributed by atoms with Crippen LogP contribution in [0.15, 0.2) is 65.2 Å². The van der Waals surface area contributed by atoms with Crippen LogP contribution in [0.25, 0.3) is 0 Å². The number of halogens is 1. The van der Waals surface area contributed by atoms with Crippen molar-refractivity contribution in [1.82, 2.24) is 0 Å². The van der Waals surface area contributed by atoms with E-state index in [2.05, 4.69) is 21.2 Å². The molecule has 2 rings (SSSR count). The van der Waals surface area contributed by atoms with E-state index in [-0.39, 0.29) is 5.75 Å². The van der Waals surface area contributed by atoms with Crippen molar-refractivity contribution in [3.05, 3.63) is 70.7 Å². The van der Waals surface area contributed by atoms with E-state index in [1.165, 1.54) is 18.2 Å². The SMILES string of the molecule is CC(C)(/C=C/C(=O)O)[C@@H](OC(=O)Nc1ccc(Br)cc1)c1ccc(O)cc1. The van der Waals surface area contributed by atoms with E-state index in [9.17, 15) is 14.7 Å². The number of amides is 1. The molecule has 3 N–H and O–H groups in total. The normalized spacial score (nSPS) is 12.6. The molecule has 0 fully saturated rings. The summed E-state index contributed by atoms with van der Waals surface area (Å²) in [4.78, 5) is 23.3. The topological polar surface area (TPSA) is 95.9 Å². The minimum atomic E-state index is -1.09. The Bertz CT molecular complexity index is 828. The van der Waals surface area contributed by atoms with Gasteiger partial charge in [0.2, 0.25) is 0 Å². The molecule has 2 aromatic carbocycles. The first kappa shape index (κ1) is 20.5. The Labute approximate surface area is 165 Å². The lowest BCUT2D eigenvalue weighted by atomic mass is 9.82. The third-order valence-corrected chi connectivity index (χ3v) is 4.37. The number of phenols is 1. The minimum Gasteiger partial charge on any atom is -0.508 e. The number of rotatable bonds is 6. The molecule has 0 saturated heterocycles. The largest absolute Gasteiger partial charge is 0.508 e. The van der Waals surface area contributed by atoms with Gasteiger partial charge in [0.25, 0.3) is 0 Å². The molecule has 2 aromatic rings. The molecule has 0 aliphatic carbocycles. The maximum atomic E-state index is 12.4. The highest BCUT2D eigenvalue weighted by Crippen LogP contribution is 2.38. The summed E-state index contributed by atoms with van der Waals surface area (Å²) in [5.74, 6) is -1.01. The predicted molar refractivity (Wildman–Crippen MR) is 106 cm³/mol. The lowest BCUT2D eigenvalue weighted by molar-refractivity contribution is -0.131. The van der Waals surface area contributed by atoms with Crippen LogP contribution in [0.5, 0.6) is 5.75 Å². The van der Waals surface area contributed by atoms with Gasteiger partial charge in [-0.15, -0.1) is 0 Å². The van der Waals surface area contributed by atoms with Gasteiger partial charge in [-0.2, -0.15) is 0 Å². The molecule has 1 amide bonds. The summed E-state index contributed by atoms with van der Waals surface area (Å²) < 4.78 is 6.50. The van der Waals surface area contributed by atoms with Gasteiger partial charge in [-0.25, -0.2) is 9.59 Å². The Hall–Kier alpha value is -2.80. The van der Waals surface area contributed by atoms with E-state index in [0.29, 0.717) is 11.3 Å². The number of carbonyl (C=O) groups is 2. The van der Waals surface area contributed by atoms with Crippen molar-refractivity contribution in [1.29, 1.82) is 0 Å². The van der Waals surface area contributed by atoms with Gasteiger partial charge < -0.3 is 14.9 Å². The number of aromatic hydroxyl groups is 1. The minimum absolute atomic E-state index is 0.0794. The Morgan fingerprint density at radius 1 is 1.11 bits per heavy atom. The number of phenolic OH excluding ortho intramolecular Hbond substituents is 1. The van der Waals surface area contributed by atoms with Crippen LogP contribution in [0.4, 0.5) is 10.5 Å². The maximum Gasteiger partial charge on any atom is 0.412 e. The molecule has 0 aliphatic rings. The maximum absolute atomic E-state index is 12.4. The fraction of sp³-hybridized carbons (Fsp3) is 0.200. The van der Waals surface area contributed by atoms with Crippen LogP contribution in [-0.2, 0) is 9.53 Å². The van der Waals surface area contributed by atoms with Gasteiger partial charge in [-0.3, -0.25) is 5.32 Å². The van der Waals surface area contributed by atoms with Gasteiger partial charge in [0.05, 0.1) is 0 Å². The summed E-state index contributed by atoms with van der Waals surface area (Å²) in [6.07, 6.45) is 1.04. The van der Waals surface area contributed by atoms with Crippen molar-refractivity contribution in [3.63, 3.8) is 0 Å². The summed E-state index contributed by atoms with van der Waals surface area (Å²) in [5, 5.41) is 21.1. The van der Waals surface area contributed by atoms with Crippen molar-refractivity contribution < 1.29 is 24.5 Å². The molecule has 0 aromatic heterocycles. The molecule has 142 valence electrons. The van der Waals surface area contributed by atoms with Crippen LogP contribution in [0.1, 0.15) is 25.5 Å². The third kappa shape index (κ3) is 6.14. The van der Waals surface area contributed by atoms with Crippen LogP contribution in [0, 0.1) is 5.41 Å². The molecule has 0 radical (unpaired) electrons. The van der Waals surface area contributed by atoms with Crippen molar-refractivity contribution in [2.45, 2.75) is 20.0 Å². The Morgan fingerprint density at radius 3 is 2.26 bits per heavy atom. The number of hydrogen-bond acceptors (Lipinski definition) is 4. The number of carboxylic acids is 1. The molecule has 1 atom stereocenters. The molecule has 7 heteroatoms. The summed E-state index contributed by atoms with van der Waals surface area (Å²) in [5.41, 5.74) is 0.372. The Kier molecular flexibility index (Phi) is 6.63. The quantitative estimate of drug-likeness (QED) is 0.549. The number of benzene rings is 2. The van der Waals surface area contributed by atoms with Gasteiger partial charge in [0, 0.05) is 21.7 Å².